The summed E-state index contributed by atoms with van der Waals surface area (Å²) in [6.07, 6.45) is 7.36. The van der Waals surface area contributed by atoms with Gasteiger partial charge in [-0.3, -0.25) is 0 Å². The van der Waals surface area contributed by atoms with Crippen molar-refractivity contribution in [3.05, 3.63) is 77.4 Å². The van der Waals surface area contributed by atoms with E-state index in [-0.39, 0.29) is 0 Å². The minimum atomic E-state index is -1.59. The van der Waals surface area contributed by atoms with E-state index < -0.39 is 21.4 Å². The van der Waals surface area contributed by atoms with Crippen LogP contribution in [0.25, 0.3) is 6.08 Å². The van der Waals surface area contributed by atoms with Crippen molar-refractivity contribution < 1.29 is 21.4 Å². The number of benzene rings is 2. The molecule has 0 bridgehead atoms. The average Bonchev–Trinajstić information content (AvgIpc) is 2.87. The fourth-order valence-corrected chi connectivity index (χ4v) is 9.76. The van der Waals surface area contributed by atoms with Crippen molar-refractivity contribution in [2.24, 2.45) is 0 Å². The number of allylic oxidation sites excluding steroid dienone is 1. The van der Waals surface area contributed by atoms with E-state index in [4.69, 9.17) is 0 Å². The van der Waals surface area contributed by atoms with Gasteiger partial charge in [-0.05, 0) is 0 Å². The van der Waals surface area contributed by atoms with Gasteiger partial charge in [0.15, 0.2) is 0 Å². The van der Waals surface area contributed by atoms with Gasteiger partial charge in [0.2, 0.25) is 0 Å². The molecule has 0 saturated carbocycles. The van der Waals surface area contributed by atoms with Gasteiger partial charge in [0, 0.05) is 0 Å². The third-order valence-corrected chi connectivity index (χ3v) is 13.4. The summed E-state index contributed by atoms with van der Waals surface area (Å²) in [6.45, 7) is 0. The quantitative estimate of drug-likeness (QED) is 0.584. The Morgan fingerprint density at radius 1 is 0.900 bits per heavy atom. The summed E-state index contributed by atoms with van der Waals surface area (Å²) in [5, 5.41) is 0. The molecule has 1 atom stereocenters. The Bertz CT molecular complexity index is 613. The Balaban J connectivity index is 1.90. The number of fused-ring (bicyclic) bond motifs is 1. The monoisotopic (exact) mass is 429 g/mol. The first-order chi connectivity index (χ1) is 9.72. The molecule has 0 heterocycles. The van der Waals surface area contributed by atoms with Gasteiger partial charge < -0.3 is 0 Å². The summed E-state index contributed by atoms with van der Waals surface area (Å²) in [4.78, 5) is 0. The van der Waals surface area contributed by atoms with Crippen LogP contribution in [0.3, 0.4) is 0 Å². The van der Waals surface area contributed by atoms with Crippen molar-refractivity contribution in [2.45, 2.75) is 25.4 Å². The Labute approximate surface area is 130 Å². The molecule has 2 aromatic carbocycles. The van der Waals surface area contributed by atoms with Crippen LogP contribution in [0.15, 0.2) is 60.7 Å². The third kappa shape index (κ3) is 2.48. The first-order valence-electron chi connectivity index (χ1n) is 7.36. The van der Waals surface area contributed by atoms with Crippen molar-refractivity contribution in [3.63, 3.8) is 0 Å². The van der Waals surface area contributed by atoms with Gasteiger partial charge in [-0.1, -0.05) is 0 Å². The van der Waals surface area contributed by atoms with E-state index in [1.165, 1.54) is 24.0 Å². The topological polar surface area (TPSA) is 0 Å². The Hall–Kier alpha value is -0.950. The predicted octanol–water partition coefficient (Wildman–Crippen LogP) is 5.26. The molecule has 20 heavy (non-hydrogen) atoms. The Morgan fingerprint density at radius 3 is 2.35 bits per heavy atom. The van der Waals surface area contributed by atoms with Crippen LogP contribution < -0.4 is 0 Å². The fourth-order valence-electron chi connectivity index (χ4n) is 3.26. The summed E-state index contributed by atoms with van der Waals surface area (Å²) in [7, 11) is 0. The molecule has 0 spiro atoms. The SMILES string of the molecule is [CH3][Hf]([CH3])[C]1(CCc2ccccc2)C=Cc2ccccc21. The molecule has 0 amide bonds. The zero-order valence-corrected chi connectivity index (χ0v) is 15.9. The maximum absolute atomic E-state index is 2.56. The van der Waals surface area contributed by atoms with Crippen LogP contribution in [-0.2, 0) is 31.0 Å². The van der Waals surface area contributed by atoms with Gasteiger partial charge in [0.05, 0.1) is 0 Å². The molecule has 1 aliphatic rings. The van der Waals surface area contributed by atoms with E-state index in [1.807, 2.05) is 0 Å². The molecule has 1 heteroatoms. The fraction of sp³-hybridized carbons (Fsp3) is 0.263. The number of hydrogen-bond donors (Lipinski definition) is 0. The Morgan fingerprint density at radius 2 is 1.60 bits per heavy atom. The maximum atomic E-state index is 2.56. The van der Waals surface area contributed by atoms with Crippen molar-refractivity contribution in [3.8, 4) is 0 Å². The van der Waals surface area contributed by atoms with Crippen molar-refractivity contribution in [2.75, 3.05) is 0 Å². The van der Waals surface area contributed by atoms with Crippen molar-refractivity contribution in [1.29, 1.82) is 0 Å². The summed E-state index contributed by atoms with van der Waals surface area (Å²) in [5.41, 5.74) is 4.52. The standard InChI is InChI=1S/C17H15.2CH3.Hf/c1-2-6-14(7-3-1)10-11-16-13-12-15-8-4-5-9-17(15)16;;;/h1-9,12-13H,10-11H2;2*1H3;. The van der Waals surface area contributed by atoms with Gasteiger partial charge in [-0.15, -0.1) is 0 Å². The summed E-state index contributed by atoms with van der Waals surface area (Å²) >= 11 is -1.59. The average molecular weight is 428 g/mol. The third-order valence-electron chi connectivity index (χ3n) is 4.53. The van der Waals surface area contributed by atoms with Crippen molar-refractivity contribution in [1.82, 2.24) is 0 Å². The van der Waals surface area contributed by atoms with Gasteiger partial charge in [0.25, 0.3) is 0 Å². The molecule has 0 radical (unpaired) electrons. The van der Waals surface area contributed by atoms with Crippen LogP contribution in [-0.4, -0.2) is 0 Å². The molecule has 101 valence electrons. The molecule has 0 fully saturated rings. The zero-order chi connectivity index (χ0) is 14.0. The molecule has 0 aliphatic heterocycles. The van der Waals surface area contributed by atoms with Crippen LogP contribution in [0.2, 0.25) is 9.36 Å². The molecule has 1 aliphatic carbocycles. The van der Waals surface area contributed by atoms with Gasteiger partial charge in [-0.25, -0.2) is 0 Å². The molecule has 2 aromatic rings. The normalized spacial score (nSPS) is 19.9. The molecule has 0 nitrogen and oxygen atoms in total. The molecule has 1 unspecified atom stereocenters. The van der Waals surface area contributed by atoms with Crippen LogP contribution in [0.1, 0.15) is 23.1 Å². The number of hydrogen-bond acceptors (Lipinski definition) is 0. The first kappa shape index (κ1) is 14.0. The number of aryl methyl sites for hydroxylation is 1. The Kier molecular flexibility index (Phi) is 4.07. The minimum absolute atomic E-state index is 0.414. The number of rotatable bonds is 4. The van der Waals surface area contributed by atoms with E-state index in [9.17, 15) is 0 Å². The van der Waals surface area contributed by atoms with Crippen LogP contribution in [0.4, 0.5) is 0 Å². The van der Waals surface area contributed by atoms with Gasteiger partial charge in [0.1, 0.15) is 0 Å². The van der Waals surface area contributed by atoms with Crippen LogP contribution in [0.5, 0.6) is 0 Å². The van der Waals surface area contributed by atoms with Crippen LogP contribution in [0, 0.1) is 0 Å². The van der Waals surface area contributed by atoms with Crippen LogP contribution >= 0.6 is 0 Å². The predicted molar refractivity (Wildman–Crippen MR) is 83.6 cm³/mol. The molecule has 0 saturated heterocycles. The van der Waals surface area contributed by atoms with Crippen molar-refractivity contribution >= 4 is 6.08 Å². The molecular formula is C19H21Hf. The summed E-state index contributed by atoms with van der Waals surface area (Å²) in [5.74, 6) is 0. The molecule has 0 aromatic heterocycles. The zero-order valence-electron chi connectivity index (χ0n) is 12.3. The second-order valence-electron chi connectivity index (χ2n) is 5.88. The van der Waals surface area contributed by atoms with E-state index in [0.717, 1.165) is 0 Å². The van der Waals surface area contributed by atoms with E-state index in [2.05, 4.69) is 76.1 Å². The second-order valence-corrected chi connectivity index (χ2v) is 16.3. The van der Waals surface area contributed by atoms with Gasteiger partial charge in [-0.2, -0.15) is 0 Å². The summed E-state index contributed by atoms with van der Waals surface area (Å²) < 4.78 is 5.53. The van der Waals surface area contributed by atoms with E-state index >= 15 is 0 Å². The second kappa shape index (κ2) is 5.81. The first-order valence-corrected chi connectivity index (χ1v) is 16.3. The van der Waals surface area contributed by atoms with E-state index in [0.29, 0.717) is 3.17 Å². The molecule has 0 N–H and O–H groups in total. The molecule has 3 rings (SSSR count). The van der Waals surface area contributed by atoms with Gasteiger partial charge >= 0.3 is 130 Å². The van der Waals surface area contributed by atoms with E-state index in [1.54, 1.807) is 5.56 Å². The summed E-state index contributed by atoms with van der Waals surface area (Å²) in [6, 6.07) is 19.9. The molecular weight excluding hydrogens is 407 g/mol.